The average molecular weight is 197 g/mol. The highest BCUT2D eigenvalue weighted by Gasteiger charge is 2.07. The fraction of sp³-hybridized carbons (Fsp3) is 0.846. The zero-order valence-electron chi connectivity index (χ0n) is 10.6. The molecule has 0 N–H and O–H groups in total. The maximum absolute atomic E-state index is 2.50. The Labute approximate surface area is 90.2 Å². The minimum absolute atomic E-state index is 0.685. The Morgan fingerprint density at radius 3 is 2.07 bits per heavy atom. The van der Waals surface area contributed by atoms with Gasteiger partial charge in [0, 0.05) is 6.04 Å². The molecule has 0 amide bonds. The van der Waals surface area contributed by atoms with Crippen molar-refractivity contribution in [3.8, 4) is 0 Å². The van der Waals surface area contributed by atoms with Crippen molar-refractivity contribution in [1.29, 1.82) is 0 Å². The van der Waals surface area contributed by atoms with Crippen molar-refractivity contribution < 1.29 is 0 Å². The smallest absolute Gasteiger partial charge is 0.0101 e. The van der Waals surface area contributed by atoms with Crippen LogP contribution in [-0.2, 0) is 0 Å². The van der Waals surface area contributed by atoms with Gasteiger partial charge >= 0.3 is 0 Å². The second-order valence-corrected chi connectivity index (χ2v) is 4.12. The summed E-state index contributed by atoms with van der Waals surface area (Å²) in [5, 5.41) is 0. The molecular weight excluding hydrogens is 170 g/mol. The van der Waals surface area contributed by atoms with Crippen molar-refractivity contribution in [2.24, 2.45) is 5.92 Å². The third kappa shape index (κ3) is 5.43. The monoisotopic (exact) mass is 197 g/mol. The molecule has 0 rings (SSSR count). The Balaban J connectivity index is 3.82. The molecule has 0 saturated heterocycles. The van der Waals surface area contributed by atoms with Crippen LogP contribution < -0.4 is 0 Å². The van der Waals surface area contributed by atoms with Gasteiger partial charge < -0.3 is 4.90 Å². The van der Waals surface area contributed by atoms with Crippen molar-refractivity contribution in [2.45, 2.75) is 53.5 Å². The quantitative estimate of drug-likeness (QED) is 0.562. The van der Waals surface area contributed by atoms with Gasteiger partial charge in [0.05, 0.1) is 0 Å². The molecule has 0 aromatic carbocycles. The van der Waals surface area contributed by atoms with Crippen molar-refractivity contribution >= 4 is 0 Å². The fourth-order valence-electron chi connectivity index (χ4n) is 1.64. The van der Waals surface area contributed by atoms with Crippen LogP contribution in [0.15, 0.2) is 12.2 Å². The van der Waals surface area contributed by atoms with Gasteiger partial charge in [-0.1, -0.05) is 46.3 Å². The van der Waals surface area contributed by atoms with E-state index in [0.717, 1.165) is 19.0 Å². The van der Waals surface area contributed by atoms with Crippen LogP contribution in [0.1, 0.15) is 47.5 Å². The lowest BCUT2D eigenvalue weighted by molar-refractivity contribution is 0.232. The summed E-state index contributed by atoms with van der Waals surface area (Å²) in [4.78, 5) is 2.50. The van der Waals surface area contributed by atoms with Gasteiger partial charge in [0.15, 0.2) is 0 Å². The van der Waals surface area contributed by atoms with E-state index >= 15 is 0 Å². The Morgan fingerprint density at radius 2 is 1.64 bits per heavy atom. The van der Waals surface area contributed by atoms with E-state index in [4.69, 9.17) is 0 Å². The van der Waals surface area contributed by atoms with E-state index in [1.807, 2.05) is 0 Å². The summed E-state index contributed by atoms with van der Waals surface area (Å²) in [5.74, 6) is 0.735. The Bertz CT molecular complexity index is 147. The molecular formula is C13H27N. The molecule has 0 fully saturated rings. The van der Waals surface area contributed by atoms with Gasteiger partial charge in [0.2, 0.25) is 0 Å². The lowest BCUT2D eigenvalue weighted by Crippen LogP contribution is -2.32. The lowest BCUT2D eigenvalue weighted by Gasteiger charge is -2.25. The predicted octanol–water partition coefficient (Wildman–Crippen LogP) is 3.71. The summed E-state index contributed by atoms with van der Waals surface area (Å²) in [5.41, 5.74) is 0. The van der Waals surface area contributed by atoms with Crippen molar-refractivity contribution in [1.82, 2.24) is 4.90 Å². The first-order valence-corrected chi connectivity index (χ1v) is 6.06. The Kier molecular flexibility index (Phi) is 7.87. The molecule has 1 heteroatoms. The van der Waals surface area contributed by atoms with Crippen LogP contribution in [0.2, 0.25) is 0 Å². The van der Waals surface area contributed by atoms with Crippen LogP contribution in [0.4, 0.5) is 0 Å². The first kappa shape index (κ1) is 13.7. The van der Waals surface area contributed by atoms with Gasteiger partial charge in [-0.25, -0.2) is 0 Å². The maximum atomic E-state index is 2.50. The molecule has 0 aromatic rings. The summed E-state index contributed by atoms with van der Waals surface area (Å²) < 4.78 is 0. The number of nitrogens with zero attached hydrogens (tertiary/aromatic N) is 1. The molecule has 0 spiro atoms. The van der Waals surface area contributed by atoms with Gasteiger partial charge in [-0.15, -0.1) is 0 Å². The molecule has 0 radical (unpaired) electrons. The molecule has 2 atom stereocenters. The molecule has 0 saturated carbocycles. The van der Waals surface area contributed by atoms with E-state index in [1.165, 1.54) is 12.8 Å². The standard InChI is InChI=1S/C13H27N/c1-6-12(4)10-9-11-13(5)14(7-2)8-3/h9-10,12-13H,6-8,11H2,1-5H3. The first-order chi connectivity index (χ1) is 6.65. The molecule has 2 unspecified atom stereocenters. The molecule has 0 aliphatic carbocycles. The topological polar surface area (TPSA) is 3.24 Å². The third-order valence-electron chi connectivity index (χ3n) is 3.02. The van der Waals surface area contributed by atoms with Gasteiger partial charge in [0.25, 0.3) is 0 Å². The molecule has 84 valence electrons. The van der Waals surface area contributed by atoms with Gasteiger partial charge in [-0.2, -0.15) is 0 Å². The van der Waals surface area contributed by atoms with E-state index in [0.29, 0.717) is 6.04 Å². The highest BCUT2D eigenvalue weighted by Crippen LogP contribution is 2.07. The lowest BCUT2D eigenvalue weighted by atomic mass is 10.1. The average Bonchev–Trinajstić information content (AvgIpc) is 2.19. The Morgan fingerprint density at radius 1 is 1.07 bits per heavy atom. The second-order valence-electron chi connectivity index (χ2n) is 4.12. The zero-order valence-corrected chi connectivity index (χ0v) is 10.6. The van der Waals surface area contributed by atoms with Crippen LogP contribution in [0.25, 0.3) is 0 Å². The van der Waals surface area contributed by atoms with Crippen LogP contribution >= 0.6 is 0 Å². The Hall–Kier alpha value is -0.300. The predicted molar refractivity (Wildman–Crippen MR) is 65.6 cm³/mol. The first-order valence-electron chi connectivity index (χ1n) is 6.06. The molecule has 0 aromatic heterocycles. The summed E-state index contributed by atoms with van der Waals surface area (Å²) in [6.45, 7) is 13.6. The van der Waals surface area contributed by atoms with Gasteiger partial charge in [-0.3, -0.25) is 0 Å². The molecule has 1 nitrogen and oxygen atoms in total. The zero-order chi connectivity index (χ0) is 11.0. The van der Waals surface area contributed by atoms with E-state index < -0.39 is 0 Å². The highest BCUT2D eigenvalue weighted by molar-refractivity contribution is 4.88. The molecule has 0 bridgehead atoms. The van der Waals surface area contributed by atoms with Crippen molar-refractivity contribution in [3.63, 3.8) is 0 Å². The van der Waals surface area contributed by atoms with E-state index in [2.05, 4.69) is 51.7 Å². The van der Waals surface area contributed by atoms with Crippen LogP contribution in [-0.4, -0.2) is 24.0 Å². The SMILES string of the molecule is CCC(C)C=CCC(C)N(CC)CC. The van der Waals surface area contributed by atoms with E-state index in [-0.39, 0.29) is 0 Å². The summed E-state index contributed by atoms with van der Waals surface area (Å²) >= 11 is 0. The van der Waals surface area contributed by atoms with Crippen LogP contribution in [0, 0.1) is 5.92 Å². The largest absolute Gasteiger partial charge is 0.301 e. The maximum Gasteiger partial charge on any atom is 0.0101 e. The molecule has 0 aliphatic heterocycles. The minimum atomic E-state index is 0.685. The normalized spacial score (nSPS) is 16.4. The van der Waals surface area contributed by atoms with Crippen molar-refractivity contribution in [3.05, 3.63) is 12.2 Å². The second kappa shape index (κ2) is 8.05. The molecule has 0 heterocycles. The third-order valence-corrected chi connectivity index (χ3v) is 3.02. The van der Waals surface area contributed by atoms with Crippen LogP contribution in [0.3, 0.4) is 0 Å². The number of allylic oxidation sites excluding steroid dienone is 1. The van der Waals surface area contributed by atoms with Gasteiger partial charge in [-0.05, 0) is 32.4 Å². The highest BCUT2D eigenvalue weighted by atomic mass is 15.1. The summed E-state index contributed by atoms with van der Waals surface area (Å²) in [7, 11) is 0. The number of hydrogen-bond acceptors (Lipinski definition) is 1. The van der Waals surface area contributed by atoms with Crippen molar-refractivity contribution in [2.75, 3.05) is 13.1 Å². The minimum Gasteiger partial charge on any atom is -0.301 e. The number of rotatable bonds is 7. The number of hydrogen-bond donors (Lipinski definition) is 0. The fourth-order valence-corrected chi connectivity index (χ4v) is 1.64. The summed E-state index contributed by atoms with van der Waals surface area (Å²) in [6.07, 6.45) is 7.12. The molecule has 0 aliphatic rings. The van der Waals surface area contributed by atoms with Gasteiger partial charge in [0.1, 0.15) is 0 Å². The molecule has 14 heavy (non-hydrogen) atoms. The van der Waals surface area contributed by atoms with Crippen LogP contribution in [0.5, 0.6) is 0 Å². The summed E-state index contributed by atoms with van der Waals surface area (Å²) in [6, 6.07) is 0.685. The van der Waals surface area contributed by atoms with E-state index in [1.54, 1.807) is 0 Å². The van der Waals surface area contributed by atoms with E-state index in [9.17, 15) is 0 Å².